The molecule has 0 aliphatic rings. The van der Waals surface area contributed by atoms with E-state index in [2.05, 4.69) is 27.6 Å². The number of phenolic OH excluding ortho intramolecular Hbond substituents is 1. The summed E-state index contributed by atoms with van der Waals surface area (Å²) in [6, 6.07) is 5.33. The zero-order valence-corrected chi connectivity index (χ0v) is 10.1. The Morgan fingerprint density at radius 1 is 1.47 bits per heavy atom. The monoisotopic (exact) mass is 313 g/mol. The van der Waals surface area contributed by atoms with Gasteiger partial charge < -0.3 is 5.11 Å². The van der Waals surface area contributed by atoms with Gasteiger partial charge in [0.2, 0.25) is 0 Å². The maximum atomic E-state index is 10.6. The van der Waals surface area contributed by atoms with Crippen LogP contribution in [0, 0.1) is 10.5 Å². The van der Waals surface area contributed by atoms with Crippen LogP contribution in [0.15, 0.2) is 18.2 Å². The molecule has 4 heteroatoms. The lowest BCUT2D eigenvalue weighted by molar-refractivity contribution is 0.111. The van der Waals surface area contributed by atoms with Crippen molar-refractivity contribution in [2.45, 2.75) is 6.92 Å². The third-order valence-corrected chi connectivity index (χ3v) is 3.13. The summed E-state index contributed by atoms with van der Waals surface area (Å²) < 4.78 is 1.02. The van der Waals surface area contributed by atoms with Crippen molar-refractivity contribution in [3.63, 3.8) is 0 Å². The molecule has 0 aliphatic carbocycles. The van der Waals surface area contributed by atoms with Gasteiger partial charge in [-0.1, -0.05) is 0 Å². The van der Waals surface area contributed by atoms with Gasteiger partial charge in [-0.25, -0.2) is 4.98 Å². The molecule has 0 radical (unpaired) electrons. The van der Waals surface area contributed by atoms with E-state index in [4.69, 9.17) is 0 Å². The first kappa shape index (κ1) is 10.4. The summed E-state index contributed by atoms with van der Waals surface area (Å²) in [5.74, 6) is 0.147. The minimum absolute atomic E-state index is 0.147. The number of carbonyl (C=O) groups excluding carboxylic acids is 1. The van der Waals surface area contributed by atoms with Crippen LogP contribution in [0.5, 0.6) is 5.75 Å². The summed E-state index contributed by atoms with van der Waals surface area (Å²) in [6.45, 7) is 1.81. The molecule has 1 N–H and O–H groups in total. The van der Waals surface area contributed by atoms with E-state index in [0.29, 0.717) is 17.5 Å². The highest BCUT2D eigenvalue weighted by Crippen LogP contribution is 2.30. The van der Waals surface area contributed by atoms with Crippen molar-refractivity contribution in [3.8, 4) is 5.75 Å². The molecular weight excluding hydrogens is 305 g/mol. The van der Waals surface area contributed by atoms with Gasteiger partial charge in [0.25, 0.3) is 0 Å². The number of hydrogen-bond donors (Lipinski definition) is 1. The number of aromatic hydroxyl groups is 1. The van der Waals surface area contributed by atoms with Gasteiger partial charge in [-0.05, 0) is 53.3 Å². The van der Waals surface area contributed by atoms with Crippen LogP contribution < -0.4 is 0 Å². The molecular formula is C11H8INO2. The first-order valence-corrected chi connectivity index (χ1v) is 5.45. The number of aldehydes is 1. The molecule has 0 spiro atoms. The van der Waals surface area contributed by atoms with Crippen molar-refractivity contribution in [1.82, 2.24) is 4.98 Å². The molecule has 3 nitrogen and oxygen atoms in total. The maximum Gasteiger partial charge on any atom is 0.168 e. The molecule has 0 saturated heterocycles. The van der Waals surface area contributed by atoms with Gasteiger partial charge in [0.1, 0.15) is 17.0 Å². The molecule has 2 rings (SSSR count). The average Bonchev–Trinajstić information content (AvgIpc) is 2.25. The van der Waals surface area contributed by atoms with Crippen LogP contribution >= 0.6 is 22.6 Å². The van der Waals surface area contributed by atoms with E-state index in [9.17, 15) is 9.90 Å². The summed E-state index contributed by atoms with van der Waals surface area (Å²) in [6.07, 6.45) is 0.675. The van der Waals surface area contributed by atoms with Crippen molar-refractivity contribution >= 4 is 39.8 Å². The number of nitrogens with zero attached hydrogens (tertiary/aromatic N) is 1. The van der Waals surface area contributed by atoms with Crippen molar-refractivity contribution in [2.24, 2.45) is 0 Å². The van der Waals surface area contributed by atoms with E-state index < -0.39 is 0 Å². The smallest absolute Gasteiger partial charge is 0.168 e. The van der Waals surface area contributed by atoms with Crippen molar-refractivity contribution in [3.05, 3.63) is 33.0 Å². The summed E-state index contributed by atoms with van der Waals surface area (Å²) in [5, 5.41) is 10.7. The van der Waals surface area contributed by atoms with Gasteiger partial charge in [-0.15, -0.1) is 0 Å². The number of fused-ring (bicyclic) bond motifs is 1. The third kappa shape index (κ3) is 1.69. The Hall–Kier alpha value is -1.17. The van der Waals surface area contributed by atoms with Crippen molar-refractivity contribution < 1.29 is 9.90 Å². The molecule has 0 saturated carbocycles. The Balaban J connectivity index is 2.91. The van der Waals surface area contributed by atoms with Crippen molar-refractivity contribution in [2.75, 3.05) is 0 Å². The quantitative estimate of drug-likeness (QED) is 0.650. The van der Waals surface area contributed by atoms with E-state index in [1.807, 2.05) is 13.0 Å². The molecule has 76 valence electrons. The Kier molecular flexibility index (Phi) is 2.60. The number of aromatic nitrogens is 1. The molecule has 0 aliphatic heterocycles. The fourth-order valence-corrected chi connectivity index (χ4v) is 2.34. The van der Waals surface area contributed by atoms with E-state index in [-0.39, 0.29) is 5.75 Å². The zero-order valence-electron chi connectivity index (χ0n) is 7.99. The molecule has 0 bridgehead atoms. The predicted octanol–water partition coefficient (Wildman–Crippen LogP) is 2.67. The Morgan fingerprint density at radius 3 is 2.87 bits per heavy atom. The van der Waals surface area contributed by atoms with Crippen LogP contribution in [0.3, 0.4) is 0 Å². The standard InChI is InChI=1S/C11H8INO2/c1-6-4-9(12)8-3-2-7(5-14)13-10(8)11(6)15/h2-5,15H,1H3. The second-order valence-electron chi connectivity index (χ2n) is 3.27. The number of carbonyl (C=O) groups is 1. The number of phenols is 1. The highest BCUT2D eigenvalue weighted by molar-refractivity contribution is 14.1. The fourth-order valence-electron chi connectivity index (χ4n) is 1.44. The number of aryl methyl sites for hydroxylation is 1. The maximum absolute atomic E-state index is 10.6. The molecule has 1 heterocycles. The van der Waals surface area contributed by atoms with Crippen molar-refractivity contribution in [1.29, 1.82) is 0 Å². The van der Waals surface area contributed by atoms with Gasteiger partial charge in [0.15, 0.2) is 6.29 Å². The lowest BCUT2D eigenvalue weighted by atomic mass is 10.1. The number of hydrogen-bond acceptors (Lipinski definition) is 3. The molecule has 1 aromatic heterocycles. The number of rotatable bonds is 1. The van der Waals surface area contributed by atoms with E-state index in [0.717, 1.165) is 14.5 Å². The Morgan fingerprint density at radius 2 is 2.20 bits per heavy atom. The van der Waals surface area contributed by atoms with Gasteiger partial charge in [-0.2, -0.15) is 0 Å². The first-order chi connectivity index (χ1) is 7.13. The zero-order chi connectivity index (χ0) is 11.0. The van der Waals surface area contributed by atoms with E-state index in [1.165, 1.54) is 0 Å². The molecule has 0 unspecified atom stereocenters. The molecule has 2 aromatic rings. The topological polar surface area (TPSA) is 50.2 Å². The largest absolute Gasteiger partial charge is 0.505 e. The van der Waals surface area contributed by atoms with Crippen LogP contribution in [0.1, 0.15) is 16.1 Å². The minimum Gasteiger partial charge on any atom is -0.505 e. The molecule has 0 fully saturated rings. The highest BCUT2D eigenvalue weighted by Gasteiger charge is 2.09. The van der Waals surface area contributed by atoms with Gasteiger partial charge in [-0.3, -0.25) is 4.79 Å². The van der Waals surface area contributed by atoms with Crippen LogP contribution in [0.2, 0.25) is 0 Å². The molecule has 1 aromatic carbocycles. The lowest BCUT2D eigenvalue weighted by Gasteiger charge is -2.06. The lowest BCUT2D eigenvalue weighted by Crippen LogP contribution is -1.91. The predicted molar refractivity (Wildman–Crippen MR) is 66.2 cm³/mol. The van der Waals surface area contributed by atoms with E-state index in [1.54, 1.807) is 12.1 Å². The number of benzene rings is 1. The van der Waals surface area contributed by atoms with Crippen LogP contribution in [0.25, 0.3) is 10.9 Å². The number of halogens is 1. The molecule has 0 atom stereocenters. The van der Waals surface area contributed by atoms with Gasteiger partial charge >= 0.3 is 0 Å². The van der Waals surface area contributed by atoms with Crippen LogP contribution in [-0.4, -0.2) is 16.4 Å². The molecule has 0 amide bonds. The van der Waals surface area contributed by atoms with E-state index >= 15 is 0 Å². The summed E-state index contributed by atoms with van der Waals surface area (Å²) in [7, 11) is 0. The van der Waals surface area contributed by atoms with Gasteiger partial charge in [0, 0.05) is 8.96 Å². The van der Waals surface area contributed by atoms with Crippen LogP contribution in [0.4, 0.5) is 0 Å². The minimum atomic E-state index is 0.147. The summed E-state index contributed by atoms with van der Waals surface area (Å²) in [5.41, 5.74) is 1.59. The third-order valence-electron chi connectivity index (χ3n) is 2.24. The second kappa shape index (κ2) is 3.77. The number of pyridine rings is 1. The molecule has 15 heavy (non-hydrogen) atoms. The normalized spacial score (nSPS) is 10.5. The highest BCUT2D eigenvalue weighted by atomic mass is 127. The summed E-state index contributed by atoms with van der Waals surface area (Å²) in [4.78, 5) is 14.7. The van der Waals surface area contributed by atoms with Gasteiger partial charge in [0.05, 0.1) is 0 Å². The first-order valence-electron chi connectivity index (χ1n) is 4.37. The van der Waals surface area contributed by atoms with Crippen LogP contribution in [-0.2, 0) is 0 Å². The average molecular weight is 313 g/mol. The summed E-state index contributed by atoms with van der Waals surface area (Å²) >= 11 is 2.18. The SMILES string of the molecule is Cc1cc(I)c2ccc(C=O)nc2c1O. The Bertz CT molecular complexity index is 552. The fraction of sp³-hybridized carbons (Fsp3) is 0.0909. The Labute approximate surface area is 100 Å². The second-order valence-corrected chi connectivity index (χ2v) is 4.44.